The highest BCUT2D eigenvalue weighted by atomic mass is 19.1. The minimum Gasteiger partial charge on any atom is -0.343 e. The first-order valence-electron chi connectivity index (χ1n) is 7.34. The lowest BCUT2D eigenvalue weighted by Crippen LogP contribution is -2.09. The number of para-hydroxylation sites is 1. The molecule has 2 aromatic heterocycles. The van der Waals surface area contributed by atoms with Crippen molar-refractivity contribution < 1.29 is 4.39 Å². The Bertz CT molecular complexity index is 1090. The molecule has 0 N–H and O–H groups in total. The second-order valence-corrected chi connectivity index (χ2v) is 5.43. The summed E-state index contributed by atoms with van der Waals surface area (Å²) in [4.78, 5) is 16.3. The van der Waals surface area contributed by atoms with Crippen molar-refractivity contribution in [2.75, 3.05) is 0 Å². The van der Waals surface area contributed by atoms with Gasteiger partial charge in [-0.25, -0.2) is 4.39 Å². The number of nitrogens with zero attached hydrogens (tertiary/aromatic N) is 2. The Balaban J connectivity index is 1.91. The van der Waals surface area contributed by atoms with E-state index in [9.17, 15) is 9.18 Å². The summed E-state index contributed by atoms with van der Waals surface area (Å²) in [6.07, 6.45) is 3.43. The van der Waals surface area contributed by atoms with Crippen LogP contribution in [0.25, 0.3) is 21.8 Å². The summed E-state index contributed by atoms with van der Waals surface area (Å²) >= 11 is 0. The highest BCUT2D eigenvalue weighted by molar-refractivity contribution is 5.83. The van der Waals surface area contributed by atoms with Crippen molar-refractivity contribution in [2.45, 2.75) is 6.54 Å². The van der Waals surface area contributed by atoms with Crippen molar-refractivity contribution in [3.8, 4) is 0 Å². The van der Waals surface area contributed by atoms with Crippen LogP contribution in [0.15, 0.2) is 71.8 Å². The standard InChI is InChI=1S/C19H13FN2O/c20-16-8-7-13(19-14(16)5-3-10-21-19)12-22-11-9-18(23)15-4-1-2-6-17(15)22/h1-11H,12H2. The molecule has 4 heteroatoms. The molecule has 0 aliphatic heterocycles. The van der Waals surface area contributed by atoms with Crippen molar-refractivity contribution in [3.05, 3.63) is 88.6 Å². The van der Waals surface area contributed by atoms with Gasteiger partial charge in [-0.2, -0.15) is 0 Å². The van der Waals surface area contributed by atoms with Crippen molar-refractivity contribution in [3.63, 3.8) is 0 Å². The predicted octanol–water partition coefficient (Wildman–Crippen LogP) is 3.74. The fourth-order valence-electron chi connectivity index (χ4n) is 2.91. The molecule has 2 heterocycles. The maximum atomic E-state index is 13.9. The van der Waals surface area contributed by atoms with Crippen LogP contribution >= 0.6 is 0 Å². The van der Waals surface area contributed by atoms with Crippen LogP contribution in [0.3, 0.4) is 0 Å². The molecule has 0 aliphatic rings. The summed E-state index contributed by atoms with van der Waals surface area (Å²) in [6.45, 7) is 0.522. The van der Waals surface area contributed by atoms with Crippen LogP contribution in [0.4, 0.5) is 4.39 Å². The van der Waals surface area contributed by atoms with Crippen LogP contribution in [-0.2, 0) is 6.54 Å². The Morgan fingerprint density at radius 2 is 1.78 bits per heavy atom. The smallest absolute Gasteiger partial charge is 0.189 e. The SMILES string of the molecule is O=c1ccn(Cc2ccc(F)c3cccnc23)c2ccccc12. The van der Waals surface area contributed by atoms with Crippen LogP contribution in [0.5, 0.6) is 0 Å². The zero-order valence-corrected chi connectivity index (χ0v) is 12.2. The number of benzene rings is 2. The van der Waals surface area contributed by atoms with Crippen molar-refractivity contribution in [1.29, 1.82) is 0 Å². The van der Waals surface area contributed by atoms with E-state index in [1.165, 1.54) is 6.07 Å². The van der Waals surface area contributed by atoms with E-state index >= 15 is 0 Å². The number of fused-ring (bicyclic) bond motifs is 2. The third-order valence-electron chi connectivity index (χ3n) is 4.03. The molecule has 0 saturated heterocycles. The second-order valence-electron chi connectivity index (χ2n) is 5.43. The Hall–Kier alpha value is -3.01. The Kier molecular flexibility index (Phi) is 3.15. The first-order chi connectivity index (χ1) is 11.2. The average molecular weight is 304 g/mol. The van der Waals surface area contributed by atoms with Gasteiger partial charge in [0.05, 0.1) is 11.0 Å². The maximum Gasteiger partial charge on any atom is 0.189 e. The molecular formula is C19H13FN2O. The average Bonchev–Trinajstić information content (AvgIpc) is 2.60. The number of aromatic nitrogens is 2. The van der Waals surface area contributed by atoms with E-state index in [1.54, 1.807) is 36.7 Å². The Morgan fingerprint density at radius 1 is 0.957 bits per heavy atom. The van der Waals surface area contributed by atoms with Gasteiger partial charge in [0.2, 0.25) is 0 Å². The molecule has 0 bridgehead atoms. The molecule has 3 nitrogen and oxygen atoms in total. The van der Waals surface area contributed by atoms with E-state index in [0.29, 0.717) is 22.8 Å². The second kappa shape index (κ2) is 5.32. The Labute approximate surface area is 131 Å². The summed E-state index contributed by atoms with van der Waals surface area (Å²) < 4.78 is 15.9. The minimum atomic E-state index is -0.276. The third-order valence-corrected chi connectivity index (χ3v) is 4.03. The summed E-state index contributed by atoms with van der Waals surface area (Å²) in [5.74, 6) is -0.276. The van der Waals surface area contributed by atoms with Gasteiger partial charge in [-0.15, -0.1) is 0 Å². The largest absolute Gasteiger partial charge is 0.343 e. The third kappa shape index (κ3) is 2.28. The quantitative estimate of drug-likeness (QED) is 0.565. The lowest BCUT2D eigenvalue weighted by atomic mass is 10.1. The molecule has 0 fully saturated rings. The monoisotopic (exact) mass is 304 g/mol. The van der Waals surface area contributed by atoms with E-state index in [-0.39, 0.29) is 11.2 Å². The van der Waals surface area contributed by atoms with E-state index < -0.39 is 0 Å². The zero-order valence-electron chi connectivity index (χ0n) is 12.2. The molecule has 2 aromatic carbocycles. The molecule has 0 atom stereocenters. The van der Waals surface area contributed by atoms with Crippen LogP contribution in [0.2, 0.25) is 0 Å². The van der Waals surface area contributed by atoms with Crippen molar-refractivity contribution >= 4 is 21.8 Å². The lowest BCUT2D eigenvalue weighted by molar-refractivity contribution is 0.638. The number of pyridine rings is 2. The fraction of sp³-hybridized carbons (Fsp3) is 0.0526. The molecule has 0 radical (unpaired) electrons. The lowest BCUT2D eigenvalue weighted by Gasteiger charge is -2.12. The van der Waals surface area contributed by atoms with Gasteiger partial charge >= 0.3 is 0 Å². The predicted molar refractivity (Wildman–Crippen MR) is 89.0 cm³/mol. The van der Waals surface area contributed by atoms with Gasteiger partial charge < -0.3 is 4.57 Å². The molecule has 23 heavy (non-hydrogen) atoms. The van der Waals surface area contributed by atoms with E-state index in [2.05, 4.69) is 4.98 Å². The van der Waals surface area contributed by atoms with Gasteiger partial charge in [0, 0.05) is 35.8 Å². The molecule has 0 aliphatic carbocycles. The van der Waals surface area contributed by atoms with Gasteiger partial charge in [-0.1, -0.05) is 18.2 Å². The molecule has 0 spiro atoms. The number of halogens is 1. The normalized spacial score (nSPS) is 11.2. The summed E-state index contributed by atoms with van der Waals surface area (Å²) in [5, 5.41) is 1.18. The van der Waals surface area contributed by atoms with E-state index in [4.69, 9.17) is 0 Å². The summed E-state index contributed by atoms with van der Waals surface area (Å²) in [6, 6.07) is 15.7. The van der Waals surface area contributed by atoms with Gasteiger partial charge in [0.1, 0.15) is 5.82 Å². The van der Waals surface area contributed by atoms with Gasteiger partial charge in [0.25, 0.3) is 0 Å². The van der Waals surface area contributed by atoms with Crippen LogP contribution in [0, 0.1) is 5.82 Å². The molecule has 4 aromatic rings. The first kappa shape index (κ1) is 13.6. The molecule has 0 unspecified atom stereocenters. The number of rotatable bonds is 2. The van der Waals surface area contributed by atoms with Gasteiger partial charge in [-0.3, -0.25) is 9.78 Å². The molecular weight excluding hydrogens is 291 g/mol. The Morgan fingerprint density at radius 3 is 2.70 bits per heavy atom. The van der Waals surface area contributed by atoms with Gasteiger partial charge in [-0.05, 0) is 35.9 Å². The van der Waals surface area contributed by atoms with E-state index in [0.717, 1.165) is 11.1 Å². The fourth-order valence-corrected chi connectivity index (χ4v) is 2.91. The van der Waals surface area contributed by atoms with Crippen molar-refractivity contribution in [2.24, 2.45) is 0 Å². The molecule has 4 rings (SSSR count). The molecule has 112 valence electrons. The van der Waals surface area contributed by atoms with Crippen LogP contribution in [0.1, 0.15) is 5.56 Å². The van der Waals surface area contributed by atoms with Gasteiger partial charge in [0.15, 0.2) is 5.43 Å². The maximum absolute atomic E-state index is 13.9. The topological polar surface area (TPSA) is 34.9 Å². The highest BCUT2D eigenvalue weighted by Gasteiger charge is 2.09. The highest BCUT2D eigenvalue weighted by Crippen LogP contribution is 2.21. The van der Waals surface area contributed by atoms with Crippen LogP contribution < -0.4 is 5.43 Å². The van der Waals surface area contributed by atoms with Crippen molar-refractivity contribution in [1.82, 2.24) is 9.55 Å². The molecule has 0 saturated carbocycles. The molecule has 0 amide bonds. The van der Waals surface area contributed by atoms with Crippen LogP contribution in [-0.4, -0.2) is 9.55 Å². The zero-order chi connectivity index (χ0) is 15.8. The summed E-state index contributed by atoms with van der Waals surface area (Å²) in [7, 11) is 0. The summed E-state index contributed by atoms with van der Waals surface area (Å²) in [5.41, 5.74) is 2.42. The minimum absolute atomic E-state index is 0.000982. The number of hydrogen-bond donors (Lipinski definition) is 0. The first-order valence-corrected chi connectivity index (χ1v) is 7.34. The van der Waals surface area contributed by atoms with E-state index in [1.807, 2.05) is 28.8 Å². The number of hydrogen-bond acceptors (Lipinski definition) is 2.